The van der Waals surface area contributed by atoms with E-state index in [2.05, 4.69) is 17.6 Å². The Morgan fingerprint density at radius 2 is 1.72 bits per heavy atom. The summed E-state index contributed by atoms with van der Waals surface area (Å²) in [6.45, 7) is 1.82. The highest BCUT2D eigenvalue weighted by Gasteiger charge is 2.25. The van der Waals surface area contributed by atoms with E-state index in [4.69, 9.17) is 5.11 Å². The first-order chi connectivity index (χ1) is 12.0. The molecule has 0 unspecified atom stereocenters. The summed E-state index contributed by atoms with van der Waals surface area (Å²) in [5.41, 5.74) is 1.49. The molecule has 136 valence electrons. The average molecular weight is 346 g/mol. The molecule has 2 amide bonds. The molecule has 1 aliphatic rings. The fourth-order valence-corrected chi connectivity index (χ4v) is 3.21. The molecule has 0 bridgehead atoms. The number of anilines is 1. The van der Waals surface area contributed by atoms with Crippen molar-refractivity contribution in [2.75, 3.05) is 11.9 Å². The number of nitrogens with one attached hydrogen (secondary N) is 2. The summed E-state index contributed by atoms with van der Waals surface area (Å²) in [6, 6.07) is 7.08. The highest BCUT2D eigenvalue weighted by molar-refractivity contribution is 5.92. The third-order valence-corrected chi connectivity index (χ3v) is 4.82. The summed E-state index contributed by atoms with van der Waals surface area (Å²) in [7, 11) is 0. The lowest BCUT2D eigenvalue weighted by Gasteiger charge is -2.26. The van der Waals surface area contributed by atoms with Gasteiger partial charge in [-0.3, -0.25) is 14.4 Å². The van der Waals surface area contributed by atoms with E-state index in [0.29, 0.717) is 0 Å². The monoisotopic (exact) mass is 346 g/mol. The third kappa shape index (κ3) is 6.21. The number of rotatable bonds is 7. The summed E-state index contributed by atoms with van der Waals surface area (Å²) in [5.74, 6) is -0.493. The van der Waals surface area contributed by atoms with E-state index in [1.54, 1.807) is 24.3 Å². The molecular formula is C19H26N2O4. The first kappa shape index (κ1) is 19.0. The van der Waals surface area contributed by atoms with Crippen LogP contribution in [0, 0.1) is 11.8 Å². The molecule has 25 heavy (non-hydrogen) atoms. The minimum Gasteiger partial charge on any atom is -0.480 e. The number of hydrogen-bond acceptors (Lipinski definition) is 3. The van der Waals surface area contributed by atoms with Crippen LogP contribution in [-0.2, 0) is 20.8 Å². The minimum absolute atomic E-state index is 0.0708. The van der Waals surface area contributed by atoms with Gasteiger partial charge in [-0.05, 0) is 49.3 Å². The summed E-state index contributed by atoms with van der Waals surface area (Å²) in [4.78, 5) is 34.4. The number of carbonyl (C=O) groups excluding carboxylic acids is 2. The lowest BCUT2D eigenvalue weighted by atomic mass is 9.80. The van der Waals surface area contributed by atoms with Crippen molar-refractivity contribution in [1.29, 1.82) is 0 Å². The normalized spacial score (nSPS) is 19.9. The summed E-state index contributed by atoms with van der Waals surface area (Å²) in [6.07, 6.45) is 5.45. The van der Waals surface area contributed by atoms with E-state index in [-0.39, 0.29) is 30.7 Å². The van der Waals surface area contributed by atoms with Crippen LogP contribution in [0.2, 0.25) is 0 Å². The molecule has 1 aromatic carbocycles. The Morgan fingerprint density at radius 3 is 2.28 bits per heavy atom. The zero-order chi connectivity index (χ0) is 18.2. The standard InChI is InChI=1S/C19H26N2O4/c1-2-13-3-7-15(8-4-13)19(25)21-16-9-5-14(6-10-16)11-17(22)20-12-18(23)24/h5-6,9-10,13,15H,2-4,7-8,11-12H2,1H3,(H,20,22)(H,21,25)(H,23,24). The van der Waals surface area contributed by atoms with Gasteiger partial charge in [0.1, 0.15) is 6.54 Å². The van der Waals surface area contributed by atoms with Gasteiger partial charge in [0.05, 0.1) is 6.42 Å². The van der Waals surface area contributed by atoms with Crippen LogP contribution in [0.25, 0.3) is 0 Å². The van der Waals surface area contributed by atoms with Crippen molar-refractivity contribution in [1.82, 2.24) is 5.32 Å². The van der Waals surface area contributed by atoms with Crippen molar-refractivity contribution in [3.05, 3.63) is 29.8 Å². The van der Waals surface area contributed by atoms with Crippen molar-refractivity contribution in [2.24, 2.45) is 11.8 Å². The van der Waals surface area contributed by atoms with Crippen LogP contribution >= 0.6 is 0 Å². The van der Waals surface area contributed by atoms with Crippen LogP contribution in [-0.4, -0.2) is 29.4 Å². The van der Waals surface area contributed by atoms with E-state index in [9.17, 15) is 14.4 Å². The number of carbonyl (C=O) groups is 3. The van der Waals surface area contributed by atoms with Crippen LogP contribution in [0.1, 0.15) is 44.6 Å². The van der Waals surface area contributed by atoms with Gasteiger partial charge in [-0.25, -0.2) is 0 Å². The molecule has 2 rings (SSSR count). The van der Waals surface area contributed by atoms with Gasteiger partial charge in [0.25, 0.3) is 0 Å². The van der Waals surface area contributed by atoms with Crippen molar-refractivity contribution in [2.45, 2.75) is 45.4 Å². The summed E-state index contributed by atoms with van der Waals surface area (Å²) < 4.78 is 0. The highest BCUT2D eigenvalue weighted by atomic mass is 16.4. The van der Waals surface area contributed by atoms with Crippen LogP contribution in [0.15, 0.2) is 24.3 Å². The lowest BCUT2D eigenvalue weighted by Crippen LogP contribution is -2.30. The molecule has 0 heterocycles. The maximum Gasteiger partial charge on any atom is 0.322 e. The van der Waals surface area contributed by atoms with Crippen molar-refractivity contribution in [3.8, 4) is 0 Å². The summed E-state index contributed by atoms with van der Waals surface area (Å²) in [5, 5.41) is 13.8. The Hall–Kier alpha value is -2.37. The molecule has 1 saturated carbocycles. The molecular weight excluding hydrogens is 320 g/mol. The second-order valence-corrected chi connectivity index (χ2v) is 6.66. The topological polar surface area (TPSA) is 95.5 Å². The largest absolute Gasteiger partial charge is 0.480 e. The Labute approximate surface area is 148 Å². The fraction of sp³-hybridized carbons (Fsp3) is 0.526. The molecule has 3 N–H and O–H groups in total. The first-order valence-electron chi connectivity index (χ1n) is 8.86. The first-order valence-corrected chi connectivity index (χ1v) is 8.86. The third-order valence-electron chi connectivity index (χ3n) is 4.82. The summed E-state index contributed by atoms with van der Waals surface area (Å²) >= 11 is 0. The number of benzene rings is 1. The SMILES string of the molecule is CCC1CCC(C(=O)Nc2ccc(CC(=O)NCC(=O)O)cc2)CC1. The number of amides is 2. The fourth-order valence-electron chi connectivity index (χ4n) is 3.21. The van der Waals surface area contributed by atoms with E-state index < -0.39 is 5.97 Å². The second kappa shape index (κ2) is 9.20. The van der Waals surface area contributed by atoms with Crippen LogP contribution in [0.4, 0.5) is 5.69 Å². The van der Waals surface area contributed by atoms with Gasteiger partial charge in [-0.1, -0.05) is 25.5 Å². The Balaban J connectivity index is 1.80. The van der Waals surface area contributed by atoms with E-state index in [1.165, 1.54) is 6.42 Å². The van der Waals surface area contributed by atoms with Crippen molar-refractivity contribution >= 4 is 23.5 Å². The molecule has 0 atom stereocenters. The van der Waals surface area contributed by atoms with Crippen LogP contribution < -0.4 is 10.6 Å². The zero-order valence-electron chi connectivity index (χ0n) is 14.6. The molecule has 0 saturated heterocycles. The molecule has 0 aromatic heterocycles. The van der Waals surface area contributed by atoms with Gasteiger partial charge in [0.15, 0.2) is 0 Å². The predicted molar refractivity (Wildman–Crippen MR) is 95.2 cm³/mol. The molecule has 0 aliphatic heterocycles. The average Bonchev–Trinajstić information content (AvgIpc) is 2.61. The van der Waals surface area contributed by atoms with E-state index in [0.717, 1.165) is 42.9 Å². The zero-order valence-corrected chi connectivity index (χ0v) is 14.6. The van der Waals surface area contributed by atoms with Crippen LogP contribution in [0.5, 0.6) is 0 Å². The number of carboxylic acids is 1. The maximum atomic E-state index is 12.3. The second-order valence-electron chi connectivity index (χ2n) is 6.66. The quantitative estimate of drug-likeness (QED) is 0.707. The van der Waals surface area contributed by atoms with Crippen LogP contribution in [0.3, 0.4) is 0 Å². The molecule has 0 radical (unpaired) electrons. The Kier molecular flexibility index (Phi) is 6.98. The van der Waals surface area contributed by atoms with Gasteiger partial charge in [0.2, 0.25) is 11.8 Å². The van der Waals surface area contributed by atoms with Gasteiger partial charge < -0.3 is 15.7 Å². The van der Waals surface area contributed by atoms with Gasteiger partial charge >= 0.3 is 5.97 Å². The molecule has 6 nitrogen and oxygen atoms in total. The number of hydrogen-bond donors (Lipinski definition) is 3. The maximum absolute atomic E-state index is 12.3. The van der Waals surface area contributed by atoms with Gasteiger partial charge in [0, 0.05) is 11.6 Å². The molecule has 1 fully saturated rings. The van der Waals surface area contributed by atoms with E-state index >= 15 is 0 Å². The highest BCUT2D eigenvalue weighted by Crippen LogP contribution is 2.31. The van der Waals surface area contributed by atoms with Crippen molar-refractivity contribution in [3.63, 3.8) is 0 Å². The molecule has 1 aliphatic carbocycles. The predicted octanol–water partition coefficient (Wildman–Crippen LogP) is 2.58. The smallest absolute Gasteiger partial charge is 0.322 e. The number of carboxylic acid groups (broad SMARTS) is 1. The molecule has 0 spiro atoms. The van der Waals surface area contributed by atoms with Gasteiger partial charge in [-0.15, -0.1) is 0 Å². The molecule has 1 aromatic rings. The lowest BCUT2D eigenvalue weighted by molar-refractivity contribution is -0.137. The Morgan fingerprint density at radius 1 is 1.08 bits per heavy atom. The minimum atomic E-state index is -1.07. The van der Waals surface area contributed by atoms with E-state index in [1.807, 2.05) is 0 Å². The Bertz CT molecular complexity index is 604. The van der Waals surface area contributed by atoms with Crippen molar-refractivity contribution < 1.29 is 19.5 Å². The van der Waals surface area contributed by atoms with Gasteiger partial charge in [-0.2, -0.15) is 0 Å². The number of aliphatic carboxylic acids is 1. The molecule has 6 heteroatoms.